The Kier molecular flexibility index (Phi) is 3.08. The van der Waals surface area contributed by atoms with Crippen molar-refractivity contribution in [1.82, 2.24) is 9.55 Å². The van der Waals surface area contributed by atoms with Crippen molar-refractivity contribution in [2.75, 3.05) is 6.67 Å². The highest BCUT2D eigenvalue weighted by Gasteiger charge is 2.15. The topological polar surface area (TPSA) is 54.9 Å². The molecular formula is C12H9FN2O2S2. The highest BCUT2D eigenvalue weighted by atomic mass is 32.1. The maximum atomic E-state index is 12.4. The van der Waals surface area contributed by atoms with Gasteiger partial charge in [0.25, 0.3) is 5.56 Å². The van der Waals surface area contributed by atoms with Crippen LogP contribution >= 0.6 is 22.7 Å². The van der Waals surface area contributed by atoms with Gasteiger partial charge in [-0.2, -0.15) is 0 Å². The van der Waals surface area contributed by atoms with Crippen LogP contribution in [0, 0.1) is 0 Å². The van der Waals surface area contributed by atoms with Crippen molar-refractivity contribution in [3.63, 3.8) is 0 Å². The van der Waals surface area contributed by atoms with Crippen molar-refractivity contribution >= 4 is 32.9 Å². The molecule has 3 rings (SSSR count). The van der Waals surface area contributed by atoms with Gasteiger partial charge in [0.2, 0.25) is 0 Å². The summed E-state index contributed by atoms with van der Waals surface area (Å²) >= 11 is 2.83. The minimum atomic E-state index is -0.743. The maximum absolute atomic E-state index is 12.4. The van der Waals surface area contributed by atoms with E-state index in [2.05, 4.69) is 4.98 Å². The van der Waals surface area contributed by atoms with Crippen LogP contribution in [0.3, 0.4) is 0 Å². The van der Waals surface area contributed by atoms with Crippen LogP contribution in [-0.4, -0.2) is 16.2 Å². The number of aromatic amines is 1. The number of hydrogen-bond donors (Lipinski definition) is 1. The zero-order chi connectivity index (χ0) is 13.4. The van der Waals surface area contributed by atoms with E-state index in [0.29, 0.717) is 10.2 Å². The Bertz CT molecular complexity index is 830. The van der Waals surface area contributed by atoms with Crippen LogP contribution in [-0.2, 0) is 6.54 Å². The largest absolute Gasteiger partial charge is 0.329 e. The summed E-state index contributed by atoms with van der Waals surface area (Å²) in [6, 6.07) is 3.81. The minimum Gasteiger partial charge on any atom is -0.298 e. The van der Waals surface area contributed by atoms with Gasteiger partial charge in [0.15, 0.2) is 0 Å². The Morgan fingerprint density at radius 3 is 2.84 bits per heavy atom. The number of rotatable bonds is 3. The first-order chi connectivity index (χ1) is 9.22. The molecule has 0 saturated heterocycles. The maximum Gasteiger partial charge on any atom is 0.329 e. The molecule has 0 aromatic carbocycles. The van der Waals surface area contributed by atoms with Gasteiger partial charge in [0, 0.05) is 15.8 Å². The first-order valence-electron chi connectivity index (χ1n) is 5.56. The third-order valence-corrected chi connectivity index (χ3v) is 4.61. The highest BCUT2D eigenvalue weighted by molar-refractivity contribution is 7.18. The van der Waals surface area contributed by atoms with E-state index >= 15 is 0 Å². The lowest BCUT2D eigenvalue weighted by Gasteiger charge is -2.02. The van der Waals surface area contributed by atoms with Crippen LogP contribution in [0.5, 0.6) is 0 Å². The zero-order valence-electron chi connectivity index (χ0n) is 9.68. The number of aromatic nitrogens is 2. The smallest absolute Gasteiger partial charge is 0.298 e. The third-order valence-electron chi connectivity index (χ3n) is 2.81. The monoisotopic (exact) mass is 296 g/mol. The molecule has 3 heterocycles. The molecule has 0 aliphatic heterocycles. The Labute approximate surface area is 114 Å². The molecule has 1 N–H and O–H groups in total. The molecule has 0 fully saturated rings. The second-order valence-corrected chi connectivity index (χ2v) is 5.73. The quantitative estimate of drug-likeness (QED) is 0.807. The highest BCUT2D eigenvalue weighted by Crippen LogP contribution is 2.32. The molecule has 3 aromatic rings. The van der Waals surface area contributed by atoms with Gasteiger partial charge >= 0.3 is 5.69 Å². The molecule has 0 aliphatic carbocycles. The van der Waals surface area contributed by atoms with Crippen LogP contribution in [0.2, 0.25) is 0 Å². The average Bonchev–Trinajstić information content (AvgIpc) is 3.02. The Hall–Kier alpha value is -1.73. The lowest BCUT2D eigenvalue weighted by Crippen LogP contribution is -2.35. The summed E-state index contributed by atoms with van der Waals surface area (Å²) < 4.78 is 13.3. The molecule has 0 atom stereocenters. The number of nitrogens with one attached hydrogen (secondary N) is 1. The molecule has 0 spiro atoms. The van der Waals surface area contributed by atoms with Crippen LogP contribution in [0.4, 0.5) is 4.39 Å². The number of thiophene rings is 2. The van der Waals surface area contributed by atoms with E-state index < -0.39 is 17.9 Å². The molecule has 4 nitrogen and oxygen atoms in total. The molecule has 0 unspecified atom stereocenters. The fourth-order valence-corrected chi connectivity index (χ4v) is 3.72. The average molecular weight is 296 g/mol. The summed E-state index contributed by atoms with van der Waals surface area (Å²) in [7, 11) is 0. The van der Waals surface area contributed by atoms with Crippen LogP contribution in [0.15, 0.2) is 32.5 Å². The molecule has 98 valence electrons. The van der Waals surface area contributed by atoms with Crippen LogP contribution < -0.4 is 11.2 Å². The van der Waals surface area contributed by atoms with Crippen molar-refractivity contribution < 1.29 is 4.39 Å². The molecule has 0 radical (unpaired) electrons. The second kappa shape index (κ2) is 4.75. The van der Waals surface area contributed by atoms with E-state index in [1.54, 1.807) is 0 Å². The van der Waals surface area contributed by atoms with Crippen molar-refractivity contribution in [3.8, 4) is 10.4 Å². The molecule has 0 bridgehead atoms. The first-order valence-corrected chi connectivity index (χ1v) is 7.32. The standard InChI is InChI=1S/C12H9FN2O2S2/c13-3-4-15-11(16)9-7(8-2-1-5-18-8)6-19-10(9)14-12(15)17/h1-2,5-6H,3-4H2,(H,14,17). The van der Waals surface area contributed by atoms with E-state index in [0.717, 1.165) is 15.0 Å². The van der Waals surface area contributed by atoms with Gasteiger partial charge in [-0.15, -0.1) is 22.7 Å². The summed E-state index contributed by atoms with van der Waals surface area (Å²) in [5.74, 6) is 0. The Morgan fingerprint density at radius 2 is 2.16 bits per heavy atom. The number of nitrogens with zero attached hydrogens (tertiary/aromatic N) is 1. The van der Waals surface area contributed by atoms with Crippen molar-refractivity contribution in [2.45, 2.75) is 6.54 Å². The van der Waals surface area contributed by atoms with Crippen molar-refractivity contribution in [1.29, 1.82) is 0 Å². The molecule has 0 aliphatic rings. The SMILES string of the molecule is O=c1[nH]c2scc(-c3cccs3)c2c(=O)n1CCF. The Morgan fingerprint density at radius 1 is 1.32 bits per heavy atom. The summed E-state index contributed by atoms with van der Waals surface area (Å²) in [6.45, 7) is -0.962. The first kappa shape index (κ1) is 12.3. The molecular weight excluding hydrogens is 287 g/mol. The van der Waals surface area contributed by atoms with E-state index in [1.807, 2.05) is 22.9 Å². The van der Waals surface area contributed by atoms with E-state index in [-0.39, 0.29) is 6.54 Å². The summed E-state index contributed by atoms with van der Waals surface area (Å²) in [5.41, 5.74) is -0.195. The third kappa shape index (κ3) is 1.95. The van der Waals surface area contributed by atoms with Gasteiger partial charge in [-0.3, -0.25) is 14.3 Å². The summed E-state index contributed by atoms with van der Waals surface area (Å²) in [6.07, 6.45) is 0. The number of hydrogen-bond acceptors (Lipinski definition) is 4. The van der Waals surface area contributed by atoms with E-state index in [4.69, 9.17) is 0 Å². The Balaban J connectivity index is 2.36. The number of alkyl halides is 1. The fourth-order valence-electron chi connectivity index (χ4n) is 1.95. The molecule has 19 heavy (non-hydrogen) atoms. The number of fused-ring (bicyclic) bond motifs is 1. The van der Waals surface area contributed by atoms with Gasteiger partial charge in [0.05, 0.1) is 11.9 Å². The molecule has 3 aromatic heterocycles. The van der Waals surface area contributed by atoms with Gasteiger partial charge in [0.1, 0.15) is 11.5 Å². The van der Waals surface area contributed by atoms with E-state index in [9.17, 15) is 14.0 Å². The molecule has 0 amide bonds. The van der Waals surface area contributed by atoms with Crippen LogP contribution in [0.25, 0.3) is 20.7 Å². The summed E-state index contributed by atoms with van der Waals surface area (Å²) in [4.78, 5) is 28.1. The number of halogens is 1. The lowest BCUT2D eigenvalue weighted by atomic mass is 10.2. The van der Waals surface area contributed by atoms with Crippen LogP contribution in [0.1, 0.15) is 0 Å². The number of H-pyrrole nitrogens is 1. The molecule has 7 heteroatoms. The predicted molar refractivity (Wildman–Crippen MR) is 76.0 cm³/mol. The molecule has 0 saturated carbocycles. The normalized spacial score (nSPS) is 11.2. The lowest BCUT2D eigenvalue weighted by molar-refractivity contribution is 0.434. The fraction of sp³-hybridized carbons (Fsp3) is 0.167. The van der Waals surface area contributed by atoms with E-state index in [1.165, 1.54) is 22.7 Å². The second-order valence-electron chi connectivity index (χ2n) is 3.91. The summed E-state index contributed by atoms with van der Waals surface area (Å²) in [5, 5.41) is 4.22. The van der Waals surface area contributed by atoms with Gasteiger partial charge in [-0.05, 0) is 11.4 Å². The zero-order valence-corrected chi connectivity index (χ0v) is 11.3. The van der Waals surface area contributed by atoms with Gasteiger partial charge < -0.3 is 0 Å². The van der Waals surface area contributed by atoms with Crippen molar-refractivity contribution in [2.24, 2.45) is 0 Å². The minimum absolute atomic E-state index is 0.218. The van der Waals surface area contributed by atoms with Gasteiger partial charge in [-0.25, -0.2) is 9.18 Å². The van der Waals surface area contributed by atoms with Crippen molar-refractivity contribution in [3.05, 3.63) is 43.7 Å². The predicted octanol–water partition coefficient (Wildman–Crippen LogP) is 2.45. The van der Waals surface area contributed by atoms with Gasteiger partial charge in [-0.1, -0.05) is 6.07 Å².